The molecule has 12 heavy (non-hydrogen) atoms. The smallest absolute Gasteiger partial charge is 0.189 e. The van der Waals surface area contributed by atoms with Gasteiger partial charge >= 0.3 is 0 Å². The molecule has 2 N–H and O–H groups in total. The predicted octanol–water partition coefficient (Wildman–Crippen LogP) is 1.78. The van der Waals surface area contributed by atoms with E-state index in [4.69, 9.17) is 5.73 Å². The molecule has 2 unspecified atom stereocenters. The van der Waals surface area contributed by atoms with Crippen molar-refractivity contribution in [2.24, 2.45) is 11.7 Å². The molecule has 2 nitrogen and oxygen atoms in total. The van der Waals surface area contributed by atoms with Gasteiger partial charge in [0.05, 0.1) is 0 Å². The van der Waals surface area contributed by atoms with E-state index in [-0.39, 0.29) is 11.2 Å². The fourth-order valence-electron chi connectivity index (χ4n) is 1.79. The predicted molar refractivity (Wildman–Crippen MR) is 53.1 cm³/mol. The maximum Gasteiger partial charge on any atom is 0.189 e. The Hall–Kier alpha value is -0.0200. The van der Waals surface area contributed by atoms with Crippen LogP contribution in [0.5, 0.6) is 0 Å². The van der Waals surface area contributed by atoms with E-state index in [1.54, 1.807) is 0 Å². The van der Waals surface area contributed by atoms with Crippen LogP contribution in [-0.2, 0) is 4.79 Å². The number of rotatable bonds is 2. The first-order valence-electron chi connectivity index (χ1n) is 4.56. The molecule has 0 radical (unpaired) electrons. The molecule has 0 aromatic heterocycles. The van der Waals surface area contributed by atoms with Gasteiger partial charge in [0.2, 0.25) is 0 Å². The normalized spacial score (nSPS) is 30.2. The van der Waals surface area contributed by atoms with Gasteiger partial charge in [-0.1, -0.05) is 24.6 Å². The second-order valence-corrected chi connectivity index (χ2v) is 4.35. The van der Waals surface area contributed by atoms with Crippen LogP contribution in [0.15, 0.2) is 0 Å². The number of thioether (sulfide) groups is 1. The van der Waals surface area contributed by atoms with Crippen molar-refractivity contribution in [1.29, 1.82) is 0 Å². The largest absolute Gasteiger partial charge is 0.327 e. The van der Waals surface area contributed by atoms with Gasteiger partial charge in [-0.25, -0.2) is 0 Å². The fraction of sp³-hybridized carbons (Fsp3) is 0.889. The summed E-state index contributed by atoms with van der Waals surface area (Å²) in [5, 5.41) is 0.289. The van der Waals surface area contributed by atoms with Crippen LogP contribution in [0, 0.1) is 5.92 Å². The molecule has 1 saturated carbocycles. The van der Waals surface area contributed by atoms with Gasteiger partial charge < -0.3 is 5.73 Å². The summed E-state index contributed by atoms with van der Waals surface area (Å²) in [5.74, 6) is 0.457. The van der Waals surface area contributed by atoms with Crippen LogP contribution < -0.4 is 5.73 Å². The lowest BCUT2D eigenvalue weighted by Gasteiger charge is -2.27. The Bertz CT molecular complexity index is 161. The van der Waals surface area contributed by atoms with Gasteiger partial charge in [-0.3, -0.25) is 4.79 Å². The number of nitrogens with two attached hydrogens (primary N) is 1. The highest BCUT2D eigenvalue weighted by Crippen LogP contribution is 2.26. The van der Waals surface area contributed by atoms with Crippen molar-refractivity contribution in [3.05, 3.63) is 0 Å². The molecule has 0 aromatic carbocycles. The van der Waals surface area contributed by atoms with E-state index in [1.165, 1.54) is 24.6 Å². The second kappa shape index (κ2) is 4.87. The standard InChI is InChI=1S/C9H17NOS/c1-12-9(11)6-7-4-2-3-5-8(7)10/h7-8H,2-6,10H2,1H3. The SMILES string of the molecule is CSC(=O)CC1CCCCC1N. The molecule has 0 amide bonds. The lowest BCUT2D eigenvalue weighted by atomic mass is 9.83. The third kappa shape index (κ3) is 2.79. The fourth-order valence-corrected chi connectivity index (χ4v) is 2.17. The average Bonchev–Trinajstić information content (AvgIpc) is 2.09. The van der Waals surface area contributed by atoms with E-state index in [1.807, 2.05) is 6.26 Å². The summed E-state index contributed by atoms with van der Waals surface area (Å²) in [7, 11) is 0. The highest BCUT2D eigenvalue weighted by Gasteiger charge is 2.23. The average molecular weight is 187 g/mol. The van der Waals surface area contributed by atoms with Gasteiger partial charge in [0.25, 0.3) is 0 Å². The van der Waals surface area contributed by atoms with E-state index >= 15 is 0 Å². The molecule has 0 aliphatic heterocycles. The molecular weight excluding hydrogens is 170 g/mol. The lowest BCUT2D eigenvalue weighted by Crippen LogP contribution is -2.33. The molecule has 1 aliphatic rings. The summed E-state index contributed by atoms with van der Waals surface area (Å²) in [5.41, 5.74) is 5.92. The molecule has 2 atom stereocenters. The van der Waals surface area contributed by atoms with Crippen LogP contribution >= 0.6 is 11.8 Å². The van der Waals surface area contributed by atoms with Crippen LogP contribution in [0.1, 0.15) is 32.1 Å². The number of carbonyl (C=O) groups excluding carboxylic acids is 1. The Labute approximate surface area is 78.3 Å². The Morgan fingerprint density at radius 3 is 2.75 bits per heavy atom. The van der Waals surface area contributed by atoms with Gasteiger partial charge in [-0.15, -0.1) is 0 Å². The summed E-state index contributed by atoms with van der Waals surface area (Å²) < 4.78 is 0. The molecule has 1 fully saturated rings. The summed E-state index contributed by atoms with van der Waals surface area (Å²) in [4.78, 5) is 11.1. The summed E-state index contributed by atoms with van der Waals surface area (Å²) in [6.07, 6.45) is 7.27. The van der Waals surface area contributed by atoms with Crippen molar-refractivity contribution in [2.75, 3.05) is 6.26 Å². The number of hydrogen-bond donors (Lipinski definition) is 1. The van der Waals surface area contributed by atoms with Crippen molar-refractivity contribution in [3.8, 4) is 0 Å². The third-order valence-electron chi connectivity index (χ3n) is 2.62. The highest BCUT2D eigenvalue weighted by molar-refractivity contribution is 8.13. The van der Waals surface area contributed by atoms with Crippen LogP contribution in [0.3, 0.4) is 0 Å². The minimum absolute atomic E-state index is 0.273. The molecule has 0 spiro atoms. The molecular formula is C9H17NOS. The minimum Gasteiger partial charge on any atom is -0.327 e. The molecule has 0 heterocycles. The van der Waals surface area contributed by atoms with Gasteiger partial charge in [-0.2, -0.15) is 0 Å². The van der Waals surface area contributed by atoms with E-state index in [0.717, 1.165) is 12.8 Å². The molecule has 70 valence electrons. The van der Waals surface area contributed by atoms with E-state index in [2.05, 4.69) is 0 Å². The van der Waals surface area contributed by atoms with Gasteiger partial charge in [0.1, 0.15) is 0 Å². The van der Waals surface area contributed by atoms with Crippen molar-refractivity contribution >= 4 is 16.9 Å². The minimum atomic E-state index is 0.273. The summed E-state index contributed by atoms with van der Waals surface area (Å²) in [6.45, 7) is 0. The first-order chi connectivity index (χ1) is 5.74. The number of hydrogen-bond acceptors (Lipinski definition) is 3. The van der Waals surface area contributed by atoms with Crippen molar-refractivity contribution in [1.82, 2.24) is 0 Å². The van der Waals surface area contributed by atoms with E-state index < -0.39 is 0 Å². The van der Waals surface area contributed by atoms with Crippen LogP contribution in [0.25, 0.3) is 0 Å². The van der Waals surface area contributed by atoms with Crippen LogP contribution in [0.4, 0.5) is 0 Å². The molecule has 0 bridgehead atoms. The first-order valence-corrected chi connectivity index (χ1v) is 5.79. The zero-order valence-electron chi connectivity index (χ0n) is 7.58. The maximum absolute atomic E-state index is 11.1. The summed E-state index contributed by atoms with van der Waals surface area (Å²) >= 11 is 1.33. The zero-order valence-corrected chi connectivity index (χ0v) is 8.40. The molecule has 3 heteroatoms. The summed E-state index contributed by atoms with van der Waals surface area (Å²) in [6, 6.07) is 0.273. The quantitative estimate of drug-likeness (QED) is 0.716. The Kier molecular flexibility index (Phi) is 4.09. The van der Waals surface area contributed by atoms with Crippen molar-refractivity contribution in [2.45, 2.75) is 38.1 Å². The second-order valence-electron chi connectivity index (χ2n) is 3.49. The maximum atomic E-state index is 11.1. The van der Waals surface area contributed by atoms with Crippen LogP contribution in [-0.4, -0.2) is 17.4 Å². The highest BCUT2D eigenvalue weighted by atomic mass is 32.2. The van der Waals surface area contributed by atoms with Gasteiger partial charge in [0, 0.05) is 12.5 Å². The Morgan fingerprint density at radius 2 is 2.17 bits per heavy atom. The number of carbonyl (C=O) groups is 1. The molecule has 1 aliphatic carbocycles. The van der Waals surface area contributed by atoms with Crippen LogP contribution in [0.2, 0.25) is 0 Å². The van der Waals surface area contributed by atoms with Crippen molar-refractivity contribution < 1.29 is 4.79 Å². The monoisotopic (exact) mass is 187 g/mol. The first kappa shape index (κ1) is 10.1. The Balaban J connectivity index is 2.33. The van der Waals surface area contributed by atoms with Gasteiger partial charge in [0.15, 0.2) is 5.12 Å². The van der Waals surface area contributed by atoms with E-state index in [9.17, 15) is 4.79 Å². The topological polar surface area (TPSA) is 43.1 Å². The van der Waals surface area contributed by atoms with E-state index in [0.29, 0.717) is 12.3 Å². The van der Waals surface area contributed by atoms with Crippen molar-refractivity contribution in [3.63, 3.8) is 0 Å². The lowest BCUT2D eigenvalue weighted by molar-refractivity contribution is -0.112. The molecule has 1 rings (SSSR count). The zero-order chi connectivity index (χ0) is 8.97. The Morgan fingerprint density at radius 1 is 1.50 bits per heavy atom. The third-order valence-corrected chi connectivity index (χ3v) is 3.25. The van der Waals surface area contributed by atoms with Gasteiger partial charge in [-0.05, 0) is 25.0 Å². The molecule has 0 saturated heterocycles. The molecule has 0 aromatic rings.